The van der Waals surface area contributed by atoms with Crippen molar-refractivity contribution in [2.75, 3.05) is 12.3 Å². The summed E-state index contributed by atoms with van der Waals surface area (Å²) in [5.74, 6) is -0.985. The normalized spacial score (nSPS) is 15.6. The number of benzene rings is 1. The lowest BCUT2D eigenvalue weighted by atomic mass is 10.0. The fourth-order valence-corrected chi connectivity index (χ4v) is 4.04. The topological polar surface area (TPSA) is 97.3 Å². The first kappa shape index (κ1) is 23.1. The maximum atomic E-state index is 13.4. The van der Waals surface area contributed by atoms with E-state index in [0.29, 0.717) is 36.1 Å². The molecule has 1 aromatic carbocycles. The first-order chi connectivity index (χ1) is 16.2. The van der Waals surface area contributed by atoms with Crippen LogP contribution in [0.25, 0.3) is 22.2 Å². The van der Waals surface area contributed by atoms with Gasteiger partial charge in [-0.15, -0.1) is 0 Å². The average Bonchev–Trinajstić information content (AvgIpc) is 3.19. The highest BCUT2D eigenvalue weighted by atomic mass is 19.4. The summed E-state index contributed by atoms with van der Waals surface area (Å²) in [7, 11) is 0. The number of amides is 1. The van der Waals surface area contributed by atoms with E-state index >= 15 is 0 Å². The number of aromatic nitrogens is 3. The van der Waals surface area contributed by atoms with Gasteiger partial charge in [-0.25, -0.2) is 9.97 Å². The summed E-state index contributed by atoms with van der Waals surface area (Å²) in [6.07, 6.45) is 7.77. The second-order valence-corrected chi connectivity index (χ2v) is 7.78. The summed E-state index contributed by atoms with van der Waals surface area (Å²) in [4.78, 5) is 22.5. The summed E-state index contributed by atoms with van der Waals surface area (Å²) < 4.78 is 41.8. The third-order valence-corrected chi connectivity index (χ3v) is 5.69. The number of anilines is 1. The van der Waals surface area contributed by atoms with Crippen molar-refractivity contribution in [1.82, 2.24) is 19.4 Å². The molecule has 1 aliphatic rings. The molecule has 0 saturated carbocycles. The Hall–Kier alpha value is -4.08. The van der Waals surface area contributed by atoms with E-state index in [1.54, 1.807) is 15.7 Å². The van der Waals surface area contributed by atoms with Gasteiger partial charge >= 0.3 is 6.18 Å². The molecule has 1 aliphatic carbocycles. The number of carbonyl (C=O) groups is 1. The number of halogens is 3. The van der Waals surface area contributed by atoms with Gasteiger partial charge in [-0.3, -0.25) is 4.79 Å². The van der Waals surface area contributed by atoms with Gasteiger partial charge in [0.2, 0.25) is 5.91 Å². The summed E-state index contributed by atoms with van der Waals surface area (Å²) in [5.41, 5.74) is 5.94. The minimum absolute atomic E-state index is 0.111. The van der Waals surface area contributed by atoms with Crippen LogP contribution < -0.4 is 5.73 Å². The molecule has 0 fully saturated rings. The fourth-order valence-electron chi connectivity index (χ4n) is 4.04. The van der Waals surface area contributed by atoms with Crippen molar-refractivity contribution >= 4 is 22.8 Å². The molecule has 0 bridgehead atoms. The van der Waals surface area contributed by atoms with Crippen molar-refractivity contribution < 1.29 is 23.1 Å². The van der Waals surface area contributed by atoms with Gasteiger partial charge in [0.05, 0.1) is 17.0 Å². The van der Waals surface area contributed by atoms with Gasteiger partial charge in [0.1, 0.15) is 23.5 Å². The zero-order valence-electron chi connectivity index (χ0n) is 18.0. The van der Waals surface area contributed by atoms with E-state index in [-0.39, 0.29) is 23.3 Å². The molecular weight excluding hydrogens is 447 g/mol. The molecular formula is C24H22F3N5O2. The predicted octanol–water partition coefficient (Wildman–Crippen LogP) is 4.30. The Kier molecular flexibility index (Phi) is 6.14. The van der Waals surface area contributed by atoms with E-state index in [0.717, 1.165) is 12.1 Å². The van der Waals surface area contributed by atoms with Crippen molar-refractivity contribution in [1.29, 1.82) is 0 Å². The summed E-state index contributed by atoms with van der Waals surface area (Å²) in [5, 5.41) is 10.1. The number of nitrogen functional groups attached to an aromatic ring is 1. The number of fused-ring (bicyclic) bond motifs is 1. The Labute approximate surface area is 193 Å². The third kappa shape index (κ3) is 4.39. The van der Waals surface area contributed by atoms with E-state index in [1.807, 2.05) is 24.3 Å². The lowest BCUT2D eigenvalue weighted by Gasteiger charge is -2.29. The van der Waals surface area contributed by atoms with Crippen LogP contribution in [0.2, 0.25) is 0 Å². The first-order valence-electron chi connectivity index (χ1n) is 10.5. The zero-order valence-corrected chi connectivity index (χ0v) is 18.0. The van der Waals surface area contributed by atoms with Crippen LogP contribution in [0.4, 0.5) is 19.0 Å². The SMILES string of the molecule is C=CC(=O)N(CCn1cc(-c2ccc(O)c(C(F)(F)F)c2)c2c(N)ncnc21)C1C=CC=CC1. The van der Waals surface area contributed by atoms with Crippen molar-refractivity contribution in [3.8, 4) is 16.9 Å². The molecule has 176 valence electrons. The molecule has 2 heterocycles. The minimum atomic E-state index is -4.73. The molecule has 10 heteroatoms. The number of allylic oxidation sites excluding steroid dienone is 2. The van der Waals surface area contributed by atoms with Gasteiger partial charge < -0.3 is 20.3 Å². The van der Waals surface area contributed by atoms with Crippen LogP contribution in [0.3, 0.4) is 0 Å². The number of nitrogens with two attached hydrogens (primary N) is 1. The summed E-state index contributed by atoms with van der Waals surface area (Å²) in [6.45, 7) is 4.20. The van der Waals surface area contributed by atoms with Crippen molar-refractivity contribution in [3.63, 3.8) is 0 Å². The zero-order chi connectivity index (χ0) is 24.5. The van der Waals surface area contributed by atoms with Crippen LogP contribution in [0.5, 0.6) is 5.75 Å². The first-order valence-corrected chi connectivity index (χ1v) is 10.5. The highest BCUT2D eigenvalue weighted by molar-refractivity contribution is 6.00. The van der Waals surface area contributed by atoms with Crippen molar-refractivity contribution in [2.24, 2.45) is 0 Å². The monoisotopic (exact) mass is 469 g/mol. The van der Waals surface area contributed by atoms with E-state index in [1.165, 1.54) is 18.5 Å². The van der Waals surface area contributed by atoms with Gasteiger partial charge in [0.15, 0.2) is 0 Å². The molecule has 0 saturated heterocycles. The van der Waals surface area contributed by atoms with E-state index in [9.17, 15) is 23.1 Å². The number of phenols is 1. The van der Waals surface area contributed by atoms with Crippen LogP contribution in [0.1, 0.15) is 12.0 Å². The molecule has 2 aromatic heterocycles. The van der Waals surface area contributed by atoms with Gasteiger partial charge in [-0.05, 0) is 30.2 Å². The van der Waals surface area contributed by atoms with Gasteiger partial charge in [-0.2, -0.15) is 13.2 Å². The molecule has 3 N–H and O–H groups in total. The predicted molar refractivity (Wildman–Crippen MR) is 123 cm³/mol. The number of nitrogens with zero attached hydrogens (tertiary/aromatic N) is 4. The molecule has 34 heavy (non-hydrogen) atoms. The van der Waals surface area contributed by atoms with Crippen LogP contribution in [-0.4, -0.2) is 43.0 Å². The Balaban J connectivity index is 1.74. The largest absolute Gasteiger partial charge is 0.507 e. The second kappa shape index (κ2) is 9.05. The van der Waals surface area contributed by atoms with Gasteiger partial charge in [-0.1, -0.05) is 36.9 Å². The maximum absolute atomic E-state index is 13.4. The van der Waals surface area contributed by atoms with E-state index in [2.05, 4.69) is 16.5 Å². The molecule has 1 amide bonds. The lowest BCUT2D eigenvalue weighted by molar-refractivity contribution is -0.138. The van der Waals surface area contributed by atoms with Crippen LogP contribution >= 0.6 is 0 Å². The third-order valence-electron chi connectivity index (χ3n) is 5.69. The second-order valence-electron chi connectivity index (χ2n) is 7.78. The molecule has 1 unspecified atom stereocenters. The van der Waals surface area contributed by atoms with Crippen LogP contribution in [0.15, 0.2) is 67.7 Å². The number of hydrogen-bond donors (Lipinski definition) is 2. The summed E-state index contributed by atoms with van der Waals surface area (Å²) in [6, 6.07) is 3.11. The molecule has 3 aromatic rings. The molecule has 7 nitrogen and oxygen atoms in total. The van der Waals surface area contributed by atoms with E-state index in [4.69, 9.17) is 5.73 Å². The summed E-state index contributed by atoms with van der Waals surface area (Å²) >= 11 is 0. The highest BCUT2D eigenvalue weighted by Crippen LogP contribution is 2.40. The fraction of sp³-hybridized carbons (Fsp3) is 0.208. The molecule has 0 aliphatic heterocycles. The minimum Gasteiger partial charge on any atom is -0.507 e. The Morgan fingerprint density at radius 3 is 2.79 bits per heavy atom. The maximum Gasteiger partial charge on any atom is 0.419 e. The van der Waals surface area contributed by atoms with Gasteiger partial charge in [0, 0.05) is 24.8 Å². The number of aromatic hydroxyl groups is 1. The number of rotatable bonds is 6. The number of hydrogen-bond acceptors (Lipinski definition) is 5. The van der Waals surface area contributed by atoms with Crippen molar-refractivity contribution in [3.05, 3.63) is 73.2 Å². The molecule has 4 rings (SSSR count). The smallest absolute Gasteiger partial charge is 0.419 e. The quantitative estimate of drug-likeness (QED) is 0.525. The lowest BCUT2D eigenvalue weighted by Crippen LogP contribution is -2.40. The number of carbonyl (C=O) groups excluding carboxylic acids is 1. The standard InChI is InChI=1S/C24H22F3N5O2/c1-2-20(34)32(16-6-4-3-5-7-16)11-10-31-13-17(21-22(28)29-14-30-23(21)31)15-8-9-19(33)18(12-15)24(25,26)27/h2-6,8-9,12-14,16,33H,1,7,10-11H2,(H2,28,29,30). The average molecular weight is 469 g/mol. The van der Waals surface area contributed by atoms with E-state index < -0.39 is 17.5 Å². The molecule has 1 atom stereocenters. The highest BCUT2D eigenvalue weighted by Gasteiger charge is 2.34. The Bertz CT molecular complexity index is 1310. The number of phenolic OH excluding ortho intramolecular Hbond substituents is 1. The number of alkyl halides is 3. The van der Waals surface area contributed by atoms with Crippen LogP contribution in [0, 0.1) is 0 Å². The molecule has 0 radical (unpaired) electrons. The molecule has 0 spiro atoms. The Morgan fingerprint density at radius 2 is 2.12 bits per heavy atom. The Morgan fingerprint density at radius 1 is 1.32 bits per heavy atom. The van der Waals surface area contributed by atoms with Gasteiger partial charge in [0.25, 0.3) is 0 Å². The van der Waals surface area contributed by atoms with Crippen molar-refractivity contribution in [2.45, 2.75) is 25.2 Å². The van der Waals surface area contributed by atoms with Crippen LogP contribution in [-0.2, 0) is 17.5 Å².